The van der Waals surface area contributed by atoms with Gasteiger partial charge < -0.3 is 9.84 Å². The zero-order valence-electron chi connectivity index (χ0n) is 10.2. The molecular formula is C11H13ClN2O4S. The van der Waals surface area contributed by atoms with E-state index in [2.05, 4.69) is 9.97 Å². The van der Waals surface area contributed by atoms with Crippen molar-refractivity contribution in [2.24, 2.45) is 0 Å². The molecule has 1 unspecified atom stereocenters. The Kier molecular flexibility index (Phi) is 4.07. The SMILES string of the molecule is CCS(=O)(=O)C1=C(c2cnc(Cl)cn2)OC(O)CC1. The molecule has 0 fully saturated rings. The van der Waals surface area contributed by atoms with Crippen LogP contribution in [0.25, 0.3) is 5.76 Å². The van der Waals surface area contributed by atoms with E-state index in [1.165, 1.54) is 12.4 Å². The van der Waals surface area contributed by atoms with Gasteiger partial charge in [-0.2, -0.15) is 0 Å². The molecule has 8 heteroatoms. The minimum atomic E-state index is -3.41. The van der Waals surface area contributed by atoms with E-state index in [1.54, 1.807) is 6.92 Å². The number of halogens is 1. The van der Waals surface area contributed by atoms with Crippen LogP contribution in [-0.4, -0.2) is 35.5 Å². The fourth-order valence-electron chi connectivity index (χ4n) is 1.73. The van der Waals surface area contributed by atoms with Gasteiger partial charge in [0.05, 0.1) is 23.1 Å². The monoisotopic (exact) mass is 304 g/mol. The minimum Gasteiger partial charge on any atom is -0.462 e. The van der Waals surface area contributed by atoms with Gasteiger partial charge in [0.2, 0.25) is 0 Å². The van der Waals surface area contributed by atoms with Gasteiger partial charge in [-0.05, 0) is 6.42 Å². The van der Waals surface area contributed by atoms with Gasteiger partial charge in [0.25, 0.3) is 0 Å². The molecule has 1 aromatic rings. The van der Waals surface area contributed by atoms with Crippen molar-refractivity contribution in [1.82, 2.24) is 9.97 Å². The van der Waals surface area contributed by atoms with Crippen LogP contribution in [0.5, 0.6) is 0 Å². The highest BCUT2D eigenvalue weighted by atomic mass is 35.5. The second-order valence-corrected chi connectivity index (χ2v) is 6.68. The molecule has 0 spiro atoms. The molecule has 104 valence electrons. The van der Waals surface area contributed by atoms with Crippen molar-refractivity contribution < 1.29 is 18.3 Å². The van der Waals surface area contributed by atoms with Crippen molar-refractivity contribution >= 4 is 27.2 Å². The Morgan fingerprint density at radius 3 is 2.79 bits per heavy atom. The zero-order chi connectivity index (χ0) is 14.0. The molecule has 1 atom stereocenters. The summed E-state index contributed by atoms with van der Waals surface area (Å²) in [4.78, 5) is 7.97. The summed E-state index contributed by atoms with van der Waals surface area (Å²) in [6, 6.07) is 0. The van der Waals surface area contributed by atoms with Crippen LogP contribution in [0.2, 0.25) is 5.15 Å². The molecule has 2 heterocycles. The second-order valence-electron chi connectivity index (χ2n) is 3.99. The smallest absolute Gasteiger partial charge is 0.197 e. The molecule has 0 radical (unpaired) electrons. The van der Waals surface area contributed by atoms with Gasteiger partial charge in [-0.25, -0.2) is 18.4 Å². The molecule has 19 heavy (non-hydrogen) atoms. The Labute approximate surface area is 116 Å². The number of aliphatic hydroxyl groups is 1. The highest BCUT2D eigenvalue weighted by Crippen LogP contribution is 2.32. The van der Waals surface area contributed by atoms with Crippen LogP contribution < -0.4 is 0 Å². The largest absolute Gasteiger partial charge is 0.462 e. The summed E-state index contributed by atoms with van der Waals surface area (Å²) in [5.74, 6) is 0.0246. The number of aliphatic hydroxyl groups excluding tert-OH is 1. The average molecular weight is 305 g/mol. The van der Waals surface area contributed by atoms with Crippen molar-refractivity contribution in [3.8, 4) is 0 Å². The number of hydrogen-bond donors (Lipinski definition) is 1. The number of nitrogens with zero attached hydrogens (tertiary/aromatic N) is 2. The average Bonchev–Trinajstić information content (AvgIpc) is 2.39. The lowest BCUT2D eigenvalue weighted by Gasteiger charge is -2.24. The van der Waals surface area contributed by atoms with Crippen LogP contribution >= 0.6 is 11.6 Å². The van der Waals surface area contributed by atoms with Crippen LogP contribution in [0.3, 0.4) is 0 Å². The van der Waals surface area contributed by atoms with Crippen molar-refractivity contribution in [2.45, 2.75) is 26.1 Å². The van der Waals surface area contributed by atoms with Gasteiger partial charge in [-0.15, -0.1) is 0 Å². The first kappa shape index (κ1) is 14.2. The summed E-state index contributed by atoms with van der Waals surface area (Å²) in [5.41, 5.74) is 0.246. The van der Waals surface area contributed by atoms with E-state index in [-0.39, 0.29) is 40.1 Å². The molecule has 2 rings (SSSR count). The number of hydrogen-bond acceptors (Lipinski definition) is 6. The Bertz CT molecular complexity index is 598. The van der Waals surface area contributed by atoms with Crippen molar-refractivity contribution in [3.05, 3.63) is 28.1 Å². The lowest BCUT2D eigenvalue weighted by Crippen LogP contribution is -2.22. The number of ether oxygens (including phenoxy) is 1. The molecule has 0 aliphatic carbocycles. The van der Waals surface area contributed by atoms with E-state index >= 15 is 0 Å². The topological polar surface area (TPSA) is 89.4 Å². The molecule has 0 saturated carbocycles. The highest BCUT2D eigenvalue weighted by molar-refractivity contribution is 7.95. The summed E-state index contributed by atoms with van der Waals surface area (Å²) in [7, 11) is -3.41. The van der Waals surface area contributed by atoms with E-state index < -0.39 is 16.1 Å². The van der Waals surface area contributed by atoms with Crippen molar-refractivity contribution in [2.75, 3.05) is 5.75 Å². The van der Waals surface area contributed by atoms with Gasteiger partial charge in [0, 0.05) is 6.42 Å². The first-order valence-corrected chi connectivity index (χ1v) is 7.75. The molecular weight excluding hydrogens is 292 g/mol. The summed E-state index contributed by atoms with van der Waals surface area (Å²) in [6.45, 7) is 1.55. The summed E-state index contributed by atoms with van der Waals surface area (Å²) >= 11 is 5.63. The minimum absolute atomic E-state index is 0.0354. The molecule has 0 bridgehead atoms. The third-order valence-electron chi connectivity index (χ3n) is 2.73. The number of rotatable bonds is 3. The number of allylic oxidation sites excluding steroid dienone is 1. The lowest BCUT2D eigenvalue weighted by molar-refractivity contribution is -0.0504. The van der Waals surface area contributed by atoms with E-state index in [1.807, 2.05) is 0 Å². The standard InChI is InChI=1S/C11H13ClN2O4S/c1-2-19(16,17)8-3-4-10(15)18-11(8)7-5-14-9(12)6-13-7/h5-6,10,15H,2-4H2,1H3. The van der Waals surface area contributed by atoms with Crippen LogP contribution in [-0.2, 0) is 14.6 Å². The third kappa shape index (κ3) is 3.05. The fraction of sp³-hybridized carbons (Fsp3) is 0.455. The predicted octanol–water partition coefficient (Wildman–Crippen LogP) is 1.36. The fourth-order valence-corrected chi connectivity index (χ4v) is 3.04. The molecule has 1 aliphatic rings. The van der Waals surface area contributed by atoms with Crippen molar-refractivity contribution in [3.63, 3.8) is 0 Å². The quantitative estimate of drug-likeness (QED) is 0.907. The summed E-state index contributed by atoms with van der Waals surface area (Å²) in [6.07, 6.45) is 2.03. The predicted molar refractivity (Wildman–Crippen MR) is 69.7 cm³/mol. The van der Waals surface area contributed by atoms with E-state index in [0.717, 1.165) is 0 Å². The van der Waals surface area contributed by atoms with Gasteiger partial charge in [-0.1, -0.05) is 18.5 Å². The molecule has 0 aromatic carbocycles. The normalized spacial score (nSPS) is 20.3. The van der Waals surface area contributed by atoms with Crippen LogP contribution in [0.4, 0.5) is 0 Å². The third-order valence-corrected chi connectivity index (χ3v) is 4.83. The molecule has 6 nitrogen and oxygen atoms in total. The maximum absolute atomic E-state index is 12.0. The van der Waals surface area contributed by atoms with E-state index in [4.69, 9.17) is 16.3 Å². The lowest BCUT2D eigenvalue weighted by atomic mass is 10.2. The summed E-state index contributed by atoms with van der Waals surface area (Å²) < 4.78 is 29.3. The number of sulfone groups is 1. The zero-order valence-corrected chi connectivity index (χ0v) is 11.8. The Morgan fingerprint density at radius 2 is 2.21 bits per heavy atom. The molecule has 0 saturated heterocycles. The molecule has 1 aromatic heterocycles. The van der Waals surface area contributed by atoms with Gasteiger partial charge in [-0.3, -0.25) is 0 Å². The Balaban J connectivity index is 2.54. The van der Waals surface area contributed by atoms with Gasteiger partial charge in [0.15, 0.2) is 21.9 Å². The van der Waals surface area contributed by atoms with Crippen molar-refractivity contribution in [1.29, 1.82) is 0 Å². The molecule has 1 N–H and O–H groups in total. The van der Waals surface area contributed by atoms with E-state index in [0.29, 0.717) is 0 Å². The van der Waals surface area contributed by atoms with Gasteiger partial charge in [0.1, 0.15) is 10.8 Å². The Morgan fingerprint density at radius 1 is 1.47 bits per heavy atom. The van der Waals surface area contributed by atoms with Crippen LogP contribution in [0.1, 0.15) is 25.5 Å². The molecule has 0 amide bonds. The first-order chi connectivity index (χ1) is 8.94. The van der Waals surface area contributed by atoms with Gasteiger partial charge >= 0.3 is 0 Å². The van der Waals surface area contributed by atoms with Crippen LogP contribution in [0.15, 0.2) is 17.3 Å². The maximum atomic E-state index is 12.0. The molecule has 1 aliphatic heterocycles. The highest BCUT2D eigenvalue weighted by Gasteiger charge is 2.30. The second kappa shape index (κ2) is 5.44. The van der Waals surface area contributed by atoms with Crippen LogP contribution in [0, 0.1) is 0 Å². The number of aromatic nitrogens is 2. The maximum Gasteiger partial charge on any atom is 0.197 e. The Hall–Kier alpha value is -1.18. The van der Waals surface area contributed by atoms with E-state index in [9.17, 15) is 13.5 Å². The first-order valence-electron chi connectivity index (χ1n) is 5.72. The summed E-state index contributed by atoms with van der Waals surface area (Å²) in [5, 5.41) is 9.72.